The van der Waals surface area contributed by atoms with Gasteiger partial charge in [0, 0.05) is 18.0 Å². The molecule has 0 saturated heterocycles. The molecule has 0 radical (unpaired) electrons. The van der Waals surface area contributed by atoms with Gasteiger partial charge >= 0.3 is 0 Å². The third kappa shape index (κ3) is 1.88. The van der Waals surface area contributed by atoms with Crippen LogP contribution in [0.4, 0.5) is 0 Å². The second-order valence-electron chi connectivity index (χ2n) is 5.36. The summed E-state index contributed by atoms with van der Waals surface area (Å²) in [6.07, 6.45) is 5.98. The predicted molar refractivity (Wildman–Crippen MR) is 77.4 cm³/mol. The molecule has 2 N–H and O–H groups in total. The Bertz CT molecular complexity index is 582. The van der Waals surface area contributed by atoms with E-state index in [1.54, 1.807) is 0 Å². The zero-order valence-corrected chi connectivity index (χ0v) is 12.2. The van der Waals surface area contributed by atoms with Gasteiger partial charge in [0.25, 0.3) is 0 Å². The quantitative estimate of drug-likeness (QED) is 0.877. The van der Waals surface area contributed by atoms with Crippen LogP contribution in [0.15, 0.2) is 22.8 Å². The molecule has 0 atom stereocenters. The van der Waals surface area contributed by atoms with Crippen LogP contribution in [0.25, 0.3) is 10.9 Å². The first kappa shape index (κ1) is 12.2. The topological polar surface area (TPSA) is 43.8 Å². The number of rotatable bonds is 1. The molecule has 1 saturated carbocycles. The molecule has 1 aromatic carbocycles. The summed E-state index contributed by atoms with van der Waals surface area (Å²) >= 11 is 3.52. The van der Waals surface area contributed by atoms with E-state index in [2.05, 4.69) is 39.2 Å². The van der Waals surface area contributed by atoms with E-state index in [0.717, 1.165) is 28.3 Å². The minimum atomic E-state index is -0.137. The summed E-state index contributed by atoms with van der Waals surface area (Å²) in [6, 6.07) is 6.51. The Balaban J connectivity index is 2.10. The molecule has 3 nitrogen and oxygen atoms in total. The number of nitrogens with two attached hydrogens (primary N) is 1. The fourth-order valence-corrected chi connectivity index (χ4v) is 3.56. The summed E-state index contributed by atoms with van der Waals surface area (Å²) < 4.78 is 2.80. The van der Waals surface area contributed by atoms with E-state index in [-0.39, 0.29) is 5.54 Å². The molecule has 1 aromatic heterocycles. The van der Waals surface area contributed by atoms with Gasteiger partial charge in [-0.05, 0) is 46.5 Å². The summed E-state index contributed by atoms with van der Waals surface area (Å²) in [7, 11) is 1.96. The highest BCUT2D eigenvalue weighted by molar-refractivity contribution is 9.10. The zero-order chi connectivity index (χ0) is 12.8. The standard InChI is InChI=1S/C14H18BrN3/c1-18-12-6-5-10(9-11(12)13(15)17-18)14(16)7-3-2-4-8-14/h5-6,9H,2-4,7-8,16H2,1H3. The molecule has 1 fully saturated rings. The molecule has 18 heavy (non-hydrogen) atoms. The maximum Gasteiger partial charge on any atom is 0.135 e. The van der Waals surface area contributed by atoms with Gasteiger partial charge in [0.05, 0.1) is 5.52 Å². The van der Waals surface area contributed by atoms with Crippen LogP contribution in [0.3, 0.4) is 0 Å². The van der Waals surface area contributed by atoms with Crippen LogP contribution in [0, 0.1) is 0 Å². The first-order chi connectivity index (χ1) is 8.60. The predicted octanol–water partition coefficient (Wildman–Crippen LogP) is 3.45. The first-order valence-electron chi connectivity index (χ1n) is 6.52. The van der Waals surface area contributed by atoms with Crippen LogP contribution < -0.4 is 5.73 Å². The summed E-state index contributed by atoms with van der Waals surface area (Å²) in [5.74, 6) is 0. The molecule has 1 aliphatic carbocycles. The van der Waals surface area contributed by atoms with Crippen molar-refractivity contribution >= 4 is 26.8 Å². The van der Waals surface area contributed by atoms with E-state index in [1.165, 1.54) is 24.8 Å². The Morgan fingerprint density at radius 3 is 2.72 bits per heavy atom. The maximum atomic E-state index is 6.59. The summed E-state index contributed by atoms with van der Waals surface area (Å²) in [6.45, 7) is 0. The van der Waals surface area contributed by atoms with Crippen molar-refractivity contribution in [1.29, 1.82) is 0 Å². The largest absolute Gasteiger partial charge is 0.321 e. The highest BCUT2D eigenvalue weighted by Crippen LogP contribution is 2.36. The van der Waals surface area contributed by atoms with Crippen molar-refractivity contribution in [2.45, 2.75) is 37.6 Å². The van der Waals surface area contributed by atoms with Crippen molar-refractivity contribution in [3.8, 4) is 0 Å². The van der Waals surface area contributed by atoms with Gasteiger partial charge < -0.3 is 5.73 Å². The summed E-state index contributed by atoms with van der Waals surface area (Å²) in [5, 5.41) is 5.55. The van der Waals surface area contributed by atoms with Gasteiger partial charge in [0.15, 0.2) is 0 Å². The van der Waals surface area contributed by atoms with Crippen molar-refractivity contribution in [3.63, 3.8) is 0 Å². The van der Waals surface area contributed by atoms with Gasteiger partial charge in [0.2, 0.25) is 0 Å². The lowest BCUT2D eigenvalue weighted by Gasteiger charge is -2.34. The minimum Gasteiger partial charge on any atom is -0.321 e. The molecule has 3 rings (SSSR count). The number of aromatic nitrogens is 2. The van der Waals surface area contributed by atoms with E-state index in [1.807, 2.05) is 11.7 Å². The van der Waals surface area contributed by atoms with Crippen molar-refractivity contribution in [2.75, 3.05) is 0 Å². The van der Waals surface area contributed by atoms with Crippen molar-refractivity contribution in [3.05, 3.63) is 28.4 Å². The lowest BCUT2D eigenvalue weighted by atomic mass is 9.77. The number of fused-ring (bicyclic) bond motifs is 1. The Hall–Kier alpha value is -0.870. The second kappa shape index (κ2) is 4.35. The Labute approximate surface area is 115 Å². The van der Waals surface area contributed by atoms with Crippen molar-refractivity contribution < 1.29 is 0 Å². The monoisotopic (exact) mass is 307 g/mol. The van der Waals surface area contributed by atoms with Gasteiger partial charge in [-0.1, -0.05) is 25.3 Å². The van der Waals surface area contributed by atoms with Crippen molar-refractivity contribution in [1.82, 2.24) is 9.78 Å². The van der Waals surface area contributed by atoms with Gasteiger partial charge in [-0.3, -0.25) is 4.68 Å². The second-order valence-corrected chi connectivity index (χ2v) is 6.11. The number of nitrogens with zero attached hydrogens (tertiary/aromatic N) is 2. The molecule has 1 heterocycles. The highest BCUT2D eigenvalue weighted by Gasteiger charge is 2.29. The number of hydrogen-bond donors (Lipinski definition) is 1. The van der Waals surface area contributed by atoms with Crippen LogP contribution in [0.5, 0.6) is 0 Å². The SMILES string of the molecule is Cn1nc(Br)c2cc(C3(N)CCCCC3)ccc21. The molecule has 0 bridgehead atoms. The number of aryl methyl sites for hydroxylation is 1. The van der Waals surface area contributed by atoms with Gasteiger partial charge in [-0.2, -0.15) is 5.10 Å². The minimum absolute atomic E-state index is 0.137. The van der Waals surface area contributed by atoms with Crippen LogP contribution in [0.1, 0.15) is 37.7 Å². The molecule has 0 spiro atoms. The van der Waals surface area contributed by atoms with Crippen molar-refractivity contribution in [2.24, 2.45) is 12.8 Å². The summed E-state index contributed by atoms with van der Waals surface area (Å²) in [5.41, 5.74) is 8.85. The molecule has 1 aliphatic rings. The Morgan fingerprint density at radius 2 is 2.00 bits per heavy atom. The normalized spacial score (nSPS) is 19.3. The fourth-order valence-electron chi connectivity index (χ4n) is 3.00. The maximum absolute atomic E-state index is 6.59. The van der Waals surface area contributed by atoms with Crippen LogP contribution in [-0.4, -0.2) is 9.78 Å². The van der Waals surface area contributed by atoms with Gasteiger partial charge in [-0.15, -0.1) is 0 Å². The van der Waals surface area contributed by atoms with E-state index in [9.17, 15) is 0 Å². The highest BCUT2D eigenvalue weighted by atomic mass is 79.9. The molecule has 96 valence electrons. The number of benzene rings is 1. The average Bonchev–Trinajstić information content (AvgIpc) is 2.66. The molecule has 2 aromatic rings. The van der Waals surface area contributed by atoms with Crippen LogP contribution >= 0.6 is 15.9 Å². The van der Waals surface area contributed by atoms with E-state index < -0.39 is 0 Å². The van der Waals surface area contributed by atoms with E-state index in [0.29, 0.717) is 0 Å². The van der Waals surface area contributed by atoms with Crippen LogP contribution in [-0.2, 0) is 12.6 Å². The fraction of sp³-hybridized carbons (Fsp3) is 0.500. The van der Waals surface area contributed by atoms with Gasteiger partial charge in [0.1, 0.15) is 4.60 Å². The number of halogens is 1. The Morgan fingerprint density at radius 1 is 1.28 bits per heavy atom. The smallest absolute Gasteiger partial charge is 0.135 e. The first-order valence-corrected chi connectivity index (χ1v) is 7.31. The number of hydrogen-bond acceptors (Lipinski definition) is 2. The summed E-state index contributed by atoms with van der Waals surface area (Å²) in [4.78, 5) is 0. The molecule has 0 aliphatic heterocycles. The molecular weight excluding hydrogens is 290 g/mol. The van der Waals surface area contributed by atoms with E-state index >= 15 is 0 Å². The molecular formula is C14H18BrN3. The average molecular weight is 308 g/mol. The lowest BCUT2D eigenvalue weighted by Crippen LogP contribution is -2.38. The van der Waals surface area contributed by atoms with E-state index in [4.69, 9.17) is 5.73 Å². The molecule has 0 amide bonds. The molecule has 4 heteroatoms. The zero-order valence-electron chi connectivity index (χ0n) is 10.6. The lowest BCUT2D eigenvalue weighted by molar-refractivity contribution is 0.302. The Kier molecular flexibility index (Phi) is 2.94. The third-order valence-corrected chi connectivity index (χ3v) is 4.71. The van der Waals surface area contributed by atoms with Crippen LogP contribution in [0.2, 0.25) is 0 Å². The van der Waals surface area contributed by atoms with Gasteiger partial charge in [-0.25, -0.2) is 0 Å². The molecule has 0 unspecified atom stereocenters. The third-order valence-electron chi connectivity index (χ3n) is 4.13.